The van der Waals surface area contributed by atoms with Gasteiger partial charge in [-0.1, -0.05) is 67.6 Å². The van der Waals surface area contributed by atoms with E-state index >= 15 is 0 Å². The van der Waals surface area contributed by atoms with Crippen molar-refractivity contribution < 1.29 is 23.5 Å². The minimum absolute atomic E-state index is 0.0445. The zero-order valence-electron chi connectivity index (χ0n) is 25.2. The molecule has 9 heteroatoms. The molecule has 0 bridgehead atoms. The molecule has 0 saturated carbocycles. The van der Waals surface area contributed by atoms with E-state index in [4.69, 9.17) is 13.9 Å². The SMILES string of the molecule is C=CCOC(=O)N1c2cc(OCCCCCBr)c(C)cc2C(=O)N2c3ccccc3C[C@H]2C1O[Si](C)(C)C(C)(C)C. The summed E-state index contributed by atoms with van der Waals surface area (Å²) in [5.74, 6) is 0.482. The number of hydrogen-bond donors (Lipinski definition) is 0. The highest BCUT2D eigenvalue weighted by Gasteiger charge is 2.51. The van der Waals surface area contributed by atoms with Gasteiger partial charge in [0.05, 0.1) is 23.9 Å². The molecule has 2 aromatic rings. The van der Waals surface area contributed by atoms with Crippen LogP contribution in [0.4, 0.5) is 16.2 Å². The third-order valence-electron chi connectivity index (χ3n) is 8.38. The standard InChI is InChI=1S/C32H43BrN2O5Si/c1-8-17-39-31(37)35-26-21-28(38-18-13-9-12-16-33)22(2)19-24(26)29(36)34-25-15-11-10-14-23(25)20-27(34)30(35)40-41(6,7)32(3,4)5/h8,10-11,14-15,19,21,27,30H,1,9,12-13,16-18,20H2,2-7H3/t27-,30?/m0/s1. The quantitative estimate of drug-likeness (QED) is 0.114. The number of hydrogen-bond acceptors (Lipinski definition) is 5. The second-order valence-electron chi connectivity index (χ2n) is 12.3. The molecule has 2 heterocycles. The Hall–Kier alpha value is -2.62. The zero-order valence-corrected chi connectivity index (χ0v) is 27.8. The molecular weight excluding hydrogens is 600 g/mol. The first-order valence-electron chi connectivity index (χ1n) is 14.4. The van der Waals surface area contributed by atoms with Crippen molar-refractivity contribution in [2.75, 3.05) is 28.3 Å². The predicted octanol–water partition coefficient (Wildman–Crippen LogP) is 8.00. The molecule has 41 heavy (non-hydrogen) atoms. The van der Waals surface area contributed by atoms with E-state index in [9.17, 15) is 9.59 Å². The van der Waals surface area contributed by atoms with Crippen molar-refractivity contribution in [1.82, 2.24) is 0 Å². The number of carbonyl (C=O) groups is 2. The molecule has 2 aliphatic rings. The number of para-hydroxylation sites is 1. The molecule has 0 saturated heterocycles. The van der Waals surface area contributed by atoms with Crippen LogP contribution in [0.25, 0.3) is 0 Å². The van der Waals surface area contributed by atoms with Gasteiger partial charge in [0, 0.05) is 17.1 Å². The number of unbranched alkanes of at least 4 members (excludes halogenated alkanes) is 2. The van der Waals surface area contributed by atoms with Crippen molar-refractivity contribution in [3.8, 4) is 5.75 Å². The molecular formula is C32H43BrN2O5Si. The van der Waals surface area contributed by atoms with Gasteiger partial charge in [0.25, 0.3) is 5.91 Å². The normalized spacial score (nSPS) is 18.4. The van der Waals surface area contributed by atoms with Gasteiger partial charge in [0.2, 0.25) is 0 Å². The number of ether oxygens (including phenoxy) is 2. The van der Waals surface area contributed by atoms with Crippen LogP contribution in [0.5, 0.6) is 5.75 Å². The topological polar surface area (TPSA) is 68.3 Å². The lowest BCUT2D eigenvalue weighted by Gasteiger charge is -2.44. The Labute approximate surface area is 254 Å². The Morgan fingerprint density at radius 2 is 1.88 bits per heavy atom. The number of aryl methyl sites for hydroxylation is 1. The van der Waals surface area contributed by atoms with Gasteiger partial charge >= 0.3 is 6.09 Å². The molecule has 222 valence electrons. The molecule has 0 aliphatic carbocycles. The minimum Gasteiger partial charge on any atom is -0.493 e. The maximum absolute atomic E-state index is 14.4. The average Bonchev–Trinajstić information content (AvgIpc) is 3.27. The summed E-state index contributed by atoms with van der Waals surface area (Å²) in [7, 11) is -2.44. The summed E-state index contributed by atoms with van der Waals surface area (Å²) in [5, 5.41) is 0.834. The van der Waals surface area contributed by atoms with Gasteiger partial charge < -0.3 is 18.8 Å². The van der Waals surface area contributed by atoms with Crippen LogP contribution in [0, 0.1) is 6.92 Å². The molecule has 0 fully saturated rings. The average molecular weight is 644 g/mol. The fourth-order valence-corrected chi connectivity index (χ4v) is 6.73. The van der Waals surface area contributed by atoms with E-state index < -0.39 is 26.7 Å². The number of nitrogens with zero attached hydrogens (tertiary/aromatic N) is 2. The number of fused-ring (bicyclic) bond motifs is 4. The number of halogens is 1. The van der Waals surface area contributed by atoms with Crippen molar-refractivity contribution in [2.24, 2.45) is 0 Å². The van der Waals surface area contributed by atoms with Crippen molar-refractivity contribution >= 4 is 47.6 Å². The lowest BCUT2D eigenvalue weighted by atomic mass is 10.1. The highest BCUT2D eigenvalue weighted by atomic mass is 79.9. The molecule has 2 aromatic carbocycles. The first-order chi connectivity index (χ1) is 19.4. The first-order valence-corrected chi connectivity index (χ1v) is 18.4. The zero-order chi connectivity index (χ0) is 29.9. The van der Waals surface area contributed by atoms with Crippen molar-refractivity contribution in [1.29, 1.82) is 0 Å². The molecule has 2 amide bonds. The highest BCUT2D eigenvalue weighted by Crippen LogP contribution is 2.46. The molecule has 1 unspecified atom stereocenters. The van der Waals surface area contributed by atoms with Crippen LogP contribution in [0.2, 0.25) is 18.1 Å². The largest absolute Gasteiger partial charge is 0.493 e. The highest BCUT2D eigenvalue weighted by molar-refractivity contribution is 9.09. The third kappa shape index (κ3) is 6.42. The third-order valence-corrected chi connectivity index (χ3v) is 13.4. The Bertz CT molecular complexity index is 1290. The predicted molar refractivity (Wildman–Crippen MR) is 171 cm³/mol. The molecule has 0 spiro atoms. The van der Waals surface area contributed by atoms with E-state index in [1.54, 1.807) is 11.0 Å². The van der Waals surface area contributed by atoms with Crippen LogP contribution in [0.3, 0.4) is 0 Å². The number of carbonyl (C=O) groups excluding carboxylic acids is 2. The van der Waals surface area contributed by atoms with Crippen LogP contribution in [0.1, 0.15) is 61.5 Å². The van der Waals surface area contributed by atoms with E-state index in [1.165, 1.54) is 0 Å². The maximum Gasteiger partial charge on any atom is 0.416 e. The van der Waals surface area contributed by atoms with Crippen molar-refractivity contribution in [2.45, 2.75) is 83.8 Å². The fraction of sp³-hybridized carbons (Fsp3) is 0.500. The number of anilines is 2. The summed E-state index contributed by atoms with van der Waals surface area (Å²) in [6, 6.07) is 11.2. The van der Waals surface area contributed by atoms with Crippen LogP contribution in [0.15, 0.2) is 49.1 Å². The number of rotatable bonds is 10. The summed E-state index contributed by atoms with van der Waals surface area (Å²) in [6.07, 6.45) is 3.81. The van der Waals surface area contributed by atoms with Crippen LogP contribution in [-0.2, 0) is 15.6 Å². The van der Waals surface area contributed by atoms with Crippen molar-refractivity contribution in [3.05, 3.63) is 65.7 Å². The summed E-state index contributed by atoms with van der Waals surface area (Å²) >= 11 is 3.48. The number of benzene rings is 2. The Balaban J connectivity index is 1.88. The monoisotopic (exact) mass is 642 g/mol. The smallest absolute Gasteiger partial charge is 0.416 e. The van der Waals surface area contributed by atoms with Gasteiger partial charge in [-0.3, -0.25) is 4.79 Å². The number of amides is 2. The minimum atomic E-state index is -2.44. The van der Waals surface area contributed by atoms with Crippen LogP contribution >= 0.6 is 15.9 Å². The van der Waals surface area contributed by atoms with Gasteiger partial charge in [0.15, 0.2) is 14.5 Å². The Kier molecular flexibility index (Phi) is 9.71. The van der Waals surface area contributed by atoms with E-state index in [-0.39, 0.29) is 17.6 Å². The molecule has 0 aromatic heterocycles. The van der Waals surface area contributed by atoms with Gasteiger partial charge in [-0.2, -0.15) is 0 Å². The van der Waals surface area contributed by atoms with Crippen LogP contribution < -0.4 is 14.5 Å². The second kappa shape index (κ2) is 12.7. The first kappa shape index (κ1) is 31.3. The van der Waals surface area contributed by atoms with Gasteiger partial charge in [-0.15, -0.1) is 0 Å². The lowest BCUT2D eigenvalue weighted by Crippen LogP contribution is -2.59. The van der Waals surface area contributed by atoms with E-state index in [2.05, 4.69) is 56.4 Å². The molecule has 2 atom stereocenters. The van der Waals surface area contributed by atoms with E-state index in [1.807, 2.05) is 48.2 Å². The maximum atomic E-state index is 14.4. The van der Waals surface area contributed by atoms with Gasteiger partial charge in [0.1, 0.15) is 12.4 Å². The van der Waals surface area contributed by atoms with E-state index in [0.717, 1.165) is 41.4 Å². The van der Waals surface area contributed by atoms with Crippen molar-refractivity contribution in [3.63, 3.8) is 0 Å². The molecule has 0 radical (unpaired) electrons. The summed E-state index contributed by atoms with van der Waals surface area (Å²) in [6.45, 7) is 17.1. The molecule has 7 nitrogen and oxygen atoms in total. The second-order valence-corrected chi connectivity index (χ2v) is 17.9. The summed E-state index contributed by atoms with van der Waals surface area (Å²) < 4.78 is 18.9. The Morgan fingerprint density at radius 3 is 2.56 bits per heavy atom. The Morgan fingerprint density at radius 1 is 1.15 bits per heavy atom. The number of alkyl halides is 1. The summed E-state index contributed by atoms with van der Waals surface area (Å²) in [5.41, 5.74) is 3.61. The van der Waals surface area contributed by atoms with Crippen LogP contribution in [-0.4, -0.2) is 51.1 Å². The van der Waals surface area contributed by atoms with E-state index in [0.29, 0.717) is 30.0 Å². The van der Waals surface area contributed by atoms with Gasteiger partial charge in [-0.05, 0) is 74.0 Å². The molecule has 2 aliphatic heterocycles. The van der Waals surface area contributed by atoms with Gasteiger partial charge in [-0.25, -0.2) is 9.69 Å². The fourth-order valence-electron chi connectivity index (χ4n) is 5.11. The lowest BCUT2D eigenvalue weighted by molar-refractivity contribution is 0.0929. The molecule has 4 rings (SSSR count). The summed E-state index contributed by atoms with van der Waals surface area (Å²) in [4.78, 5) is 31.7. The molecule has 0 N–H and O–H groups in total.